The zero-order chi connectivity index (χ0) is 17.6. The number of hydrogen-bond donors (Lipinski definition) is 0. The van der Waals surface area contributed by atoms with E-state index in [0.29, 0.717) is 0 Å². The summed E-state index contributed by atoms with van der Waals surface area (Å²) in [5.74, 6) is -2.51. The largest absolute Gasteiger partial charge is 0.444 e. The fourth-order valence-corrected chi connectivity index (χ4v) is 2.59. The second-order valence-corrected chi connectivity index (χ2v) is 7.33. The molecule has 0 radical (unpaired) electrons. The Morgan fingerprint density at radius 1 is 1.26 bits per heavy atom. The van der Waals surface area contributed by atoms with Crippen LogP contribution < -0.4 is 0 Å². The predicted octanol–water partition coefficient (Wildman–Crippen LogP) is 4.06. The first-order chi connectivity index (χ1) is 10.4. The smallest absolute Gasteiger partial charge is 0.410 e. The van der Waals surface area contributed by atoms with Gasteiger partial charge in [-0.25, -0.2) is 13.6 Å². The molecule has 1 fully saturated rings. The van der Waals surface area contributed by atoms with Crippen LogP contribution in [-0.4, -0.2) is 35.5 Å². The van der Waals surface area contributed by atoms with Crippen molar-refractivity contribution in [2.75, 3.05) is 13.1 Å². The van der Waals surface area contributed by atoms with E-state index in [-0.39, 0.29) is 18.7 Å². The first-order valence-corrected chi connectivity index (χ1v) is 7.49. The zero-order valence-corrected chi connectivity index (χ0v) is 14.1. The van der Waals surface area contributed by atoms with E-state index in [4.69, 9.17) is 16.3 Å². The number of nitrogens with zero attached hydrogens (tertiary/aromatic N) is 1. The van der Waals surface area contributed by atoms with Crippen molar-refractivity contribution in [3.05, 3.63) is 34.4 Å². The molecule has 23 heavy (non-hydrogen) atoms. The molecule has 0 spiro atoms. The highest BCUT2D eigenvalue weighted by molar-refractivity contribution is 6.31. The number of rotatable bonds is 2. The summed E-state index contributed by atoms with van der Waals surface area (Å²) >= 11 is 5.50. The Labute approximate surface area is 138 Å². The molecule has 0 atom stereocenters. The summed E-state index contributed by atoms with van der Waals surface area (Å²) in [6.45, 7) is 7.05. The third-order valence-corrected chi connectivity index (χ3v) is 3.91. The molecule has 4 nitrogen and oxygen atoms in total. The lowest BCUT2D eigenvalue weighted by Gasteiger charge is -2.46. The van der Waals surface area contributed by atoms with Crippen LogP contribution in [0.4, 0.5) is 13.6 Å². The van der Waals surface area contributed by atoms with Gasteiger partial charge in [-0.3, -0.25) is 4.79 Å². The summed E-state index contributed by atoms with van der Waals surface area (Å²) in [6.07, 6.45) is -0.527. The van der Waals surface area contributed by atoms with Gasteiger partial charge >= 0.3 is 6.09 Å². The lowest BCUT2D eigenvalue weighted by atomic mass is 9.75. The lowest BCUT2D eigenvalue weighted by Crippen LogP contribution is -2.61. The maximum atomic E-state index is 14.0. The van der Waals surface area contributed by atoms with Crippen LogP contribution in [0.2, 0.25) is 5.02 Å². The van der Waals surface area contributed by atoms with E-state index in [2.05, 4.69) is 0 Å². The van der Waals surface area contributed by atoms with Gasteiger partial charge in [-0.15, -0.1) is 0 Å². The minimum absolute atomic E-state index is 0.106. The Kier molecular flexibility index (Phi) is 4.41. The zero-order valence-electron chi connectivity index (χ0n) is 13.4. The van der Waals surface area contributed by atoms with E-state index in [1.165, 1.54) is 4.90 Å². The van der Waals surface area contributed by atoms with Gasteiger partial charge in [-0.05, 0) is 39.8 Å². The van der Waals surface area contributed by atoms with Crippen molar-refractivity contribution in [1.29, 1.82) is 0 Å². The van der Waals surface area contributed by atoms with Crippen molar-refractivity contribution in [3.8, 4) is 0 Å². The van der Waals surface area contributed by atoms with Crippen molar-refractivity contribution in [2.24, 2.45) is 5.41 Å². The molecule has 0 unspecified atom stereocenters. The quantitative estimate of drug-likeness (QED) is 0.600. The minimum Gasteiger partial charge on any atom is -0.444 e. The number of amides is 1. The SMILES string of the molecule is CC(C)(C)OC(=O)N1CC(C)(C(=O)c2ccc(F)c(Cl)c2F)C1. The molecule has 1 aliphatic heterocycles. The number of halogens is 3. The van der Waals surface area contributed by atoms with Crippen LogP contribution in [0.5, 0.6) is 0 Å². The van der Waals surface area contributed by atoms with Gasteiger partial charge in [0.25, 0.3) is 0 Å². The first kappa shape index (κ1) is 17.7. The van der Waals surface area contributed by atoms with E-state index in [1.54, 1.807) is 27.7 Å². The van der Waals surface area contributed by atoms with Crippen molar-refractivity contribution in [3.63, 3.8) is 0 Å². The van der Waals surface area contributed by atoms with E-state index in [1.807, 2.05) is 0 Å². The molecule has 1 aromatic carbocycles. The van der Waals surface area contributed by atoms with E-state index in [0.717, 1.165) is 12.1 Å². The number of ketones is 1. The van der Waals surface area contributed by atoms with Crippen LogP contribution in [0.3, 0.4) is 0 Å². The minimum atomic E-state index is -1.08. The Hall–Kier alpha value is -1.69. The molecule has 2 rings (SSSR count). The van der Waals surface area contributed by atoms with E-state index in [9.17, 15) is 18.4 Å². The number of Topliss-reactive ketones (excluding diaryl/α,β-unsaturated/α-hetero) is 1. The molecule has 1 heterocycles. The van der Waals surface area contributed by atoms with E-state index >= 15 is 0 Å². The van der Waals surface area contributed by atoms with Gasteiger partial charge in [0, 0.05) is 13.1 Å². The van der Waals surface area contributed by atoms with Crippen molar-refractivity contribution < 1.29 is 23.1 Å². The molecule has 1 aliphatic rings. The highest BCUT2D eigenvalue weighted by Crippen LogP contribution is 2.36. The summed E-state index contributed by atoms with van der Waals surface area (Å²) in [4.78, 5) is 25.8. The molecular weight excluding hydrogens is 328 g/mol. The second-order valence-electron chi connectivity index (χ2n) is 6.95. The molecule has 0 bridgehead atoms. The fraction of sp³-hybridized carbons (Fsp3) is 0.500. The molecule has 0 aromatic heterocycles. The topological polar surface area (TPSA) is 46.6 Å². The van der Waals surface area contributed by atoms with Crippen molar-refractivity contribution in [2.45, 2.75) is 33.3 Å². The maximum absolute atomic E-state index is 14.0. The normalized spacial score (nSPS) is 16.7. The molecule has 1 saturated heterocycles. The summed E-state index contributed by atoms with van der Waals surface area (Å²) in [6, 6.07) is 2.02. The monoisotopic (exact) mass is 345 g/mol. The van der Waals surface area contributed by atoms with Gasteiger partial charge in [-0.2, -0.15) is 0 Å². The van der Waals surface area contributed by atoms with Crippen molar-refractivity contribution in [1.82, 2.24) is 4.90 Å². The van der Waals surface area contributed by atoms with Gasteiger partial charge in [0.1, 0.15) is 16.4 Å². The standard InChI is InChI=1S/C16H18ClF2NO3/c1-15(2,3)23-14(22)20-7-16(4,8-20)13(21)9-5-6-10(18)11(17)12(9)19/h5-6H,7-8H2,1-4H3. The average molecular weight is 346 g/mol. The summed E-state index contributed by atoms with van der Waals surface area (Å²) in [7, 11) is 0. The molecule has 0 aliphatic carbocycles. The fourth-order valence-electron chi connectivity index (χ4n) is 2.42. The summed E-state index contributed by atoms with van der Waals surface area (Å²) < 4.78 is 32.4. The molecule has 126 valence electrons. The number of carbonyl (C=O) groups is 2. The van der Waals surface area contributed by atoms with Crippen LogP contribution in [0.25, 0.3) is 0 Å². The number of hydrogen-bond acceptors (Lipinski definition) is 3. The summed E-state index contributed by atoms with van der Waals surface area (Å²) in [5.41, 5.74) is -1.86. The first-order valence-electron chi connectivity index (χ1n) is 7.11. The van der Waals surface area contributed by atoms with Gasteiger partial charge < -0.3 is 9.64 Å². The Morgan fingerprint density at radius 3 is 2.35 bits per heavy atom. The molecule has 7 heteroatoms. The van der Waals surface area contributed by atoms with Crippen LogP contribution in [0.15, 0.2) is 12.1 Å². The third-order valence-electron chi connectivity index (χ3n) is 3.56. The van der Waals surface area contributed by atoms with Crippen molar-refractivity contribution >= 4 is 23.5 Å². The number of ether oxygens (including phenoxy) is 1. The Balaban J connectivity index is 2.11. The van der Waals surface area contributed by atoms with Crippen LogP contribution in [-0.2, 0) is 4.74 Å². The number of benzene rings is 1. The maximum Gasteiger partial charge on any atom is 0.410 e. The molecule has 0 saturated carbocycles. The summed E-state index contributed by atoms with van der Waals surface area (Å²) in [5, 5.41) is -0.706. The lowest BCUT2D eigenvalue weighted by molar-refractivity contribution is -0.0198. The van der Waals surface area contributed by atoms with Crippen LogP contribution in [0.1, 0.15) is 38.1 Å². The predicted molar refractivity (Wildman–Crippen MR) is 81.6 cm³/mol. The highest BCUT2D eigenvalue weighted by atomic mass is 35.5. The average Bonchev–Trinajstić information content (AvgIpc) is 2.38. The molecule has 0 N–H and O–H groups in total. The molecular formula is C16H18ClF2NO3. The van der Waals surface area contributed by atoms with Gasteiger partial charge in [0.2, 0.25) is 0 Å². The van der Waals surface area contributed by atoms with E-state index < -0.39 is 39.5 Å². The molecule has 1 aromatic rings. The van der Waals surface area contributed by atoms with Crippen LogP contribution in [0, 0.1) is 17.0 Å². The Bertz CT molecular complexity index is 664. The van der Waals surface area contributed by atoms with Gasteiger partial charge in [0.05, 0.1) is 11.0 Å². The van der Waals surface area contributed by atoms with Gasteiger partial charge in [0.15, 0.2) is 11.6 Å². The van der Waals surface area contributed by atoms with Gasteiger partial charge in [-0.1, -0.05) is 11.6 Å². The Morgan fingerprint density at radius 2 is 1.83 bits per heavy atom. The third kappa shape index (κ3) is 3.47. The number of likely N-dealkylation sites (tertiary alicyclic amines) is 1. The second kappa shape index (κ2) is 5.74. The molecule has 1 amide bonds. The highest BCUT2D eigenvalue weighted by Gasteiger charge is 2.49. The van der Waals surface area contributed by atoms with Crippen LogP contribution >= 0.6 is 11.6 Å². The number of carbonyl (C=O) groups excluding carboxylic acids is 2.